The van der Waals surface area contributed by atoms with E-state index in [1.165, 1.54) is 24.3 Å². The Morgan fingerprint density at radius 1 is 1.17 bits per heavy atom. The van der Waals surface area contributed by atoms with Crippen molar-refractivity contribution in [1.29, 1.82) is 0 Å². The van der Waals surface area contributed by atoms with Crippen LogP contribution in [0.2, 0.25) is 0 Å². The van der Waals surface area contributed by atoms with E-state index in [2.05, 4.69) is 5.32 Å². The van der Waals surface area contributed by atoms with Crippen LogP contribution in [0.3, 0.4) is 0 Å². The smallest absolute Gasteiger partial charge is 0.270 e. The van der Waals surface area contributed by atoms with E-state index in [1.807, 2.05) is 4.90 Å². The fourth-order valence-electron chi connectivity index (χ4n) is 3.89. The highest BCUT2D eigenvalue weighted by atomic mass is 16.6. The molecule has 2 aliphatic rings. The van der Waals surface area contributed by atoms with Crippen molar-refractivity contribution in [2.45, 2.75) is 31.7 Å². The van der Waals surface area contributed by atoms with Crippen molar-refractivity contribution in [1.82, 2.24) is 4.90 Å². The predicted molar refractivity (Wildman–Crippen MR) is 106 cm³/mol. The molecule has 1 atom stereocenters. The lowest BCUT2D eigenvalue weighted by molar-refractivity contribution is -0.384. The van der Waals surface area contributed by atoms with Crippen LogP contribution in [0.25, 0.3) is 0 Å². The Balaban J connectivity index is 1.59. The number of nitro benzene ring substituents is 1. The zero-order chi connectivity index (χ0) is 20.4. The number of nitrogens with zero attached hydrogens (tertiary/aromatic N) is 2. The van der Waals surface area contributed by atoms with Crippen molar-refractivity contribution >= 4 is 23.2 Å². The predicted octanol–water partition coefficient (Wildman–Crippen LogP) is 3.62. The second kappa shape index (κ2) is 7.90. The largest absolute Gasteiger partial charge is 0.493 e. The molecule has 1 unspecified atom stereocenters. The summed E-state index contributed by atoms with van der Waals surface area (Å²) in [6, 6.07) is 10.7. The summed E-state index contributed by atoms with van der Waals surface area (Å²) in [6.45, 7) is 1.27. The second-order valence-electron chi connectivity index (χ2n) is 7.26. The first-order chi connectivity index (χ1) is 14.0. The third-order valence-corrected chi connectivity index (χ3v) is 5.38. The third kappa shape index (κ3) is 3.91. The summed E-state index contributed by atoms with van der Waals surface area (Å²) >= 11 is 0. The molecule has 0 saturated carbocycles. The number of benzene rings is 2. The first kappa shape index (κ1) is 18.9. The lowest BCUT2D eigenvalue weighted by Crippen LogP contribution is -2.45. The van der Waals surface area contributed by atoms with Gasteiger partial charge in [0, 0.05) is 42.4 Å². The molecule has 0 aliphatic carbocycles. The van der Waals surface area contributed by atoms with Crippen molar-refractivity contribution in [3.8, 4) is 5.75 Å². The van der Waals surface area contributed by atoms with Crippen LogP contribution in [0.1, 0.15) is 46.4 Å². The van der Waals surface area contributed by atoms with Crippen LogP contribution in [0, 0.1) is 10.1 Å². The van der Waals surface area contributed by atoms with Gasteiger partial charge in [-0.3, -0.25) is 19.7 Å². The van der Waals surface area contributed by atoms with Gasteiger partial charge in [0.05, 0.1) is 17.1 Å². The van der Waals surface area contributed by atoms with Gasteiger partial charge in [0.2, 0.25) is 0 Å². The molecule has 1 fully saturated rings. The van der Waals surface area contributed by atoms with Gasteiger partial charge in [-0.15, -0.1) is 0 Å². The maximum absolute atomic E-state index is 13.1. The number of carbonyl (C=O) groups is 2. The molecule has 2 amide bonds. The average molecular weight is 395 g/mol. The van der Waals surface area contributed by atoms with Crippen LogP contribution in [0.5, 0.6) is 5.75 Å². The average Bonchev–Trinajstić information content (AvgIpc) is 2.73. The zero-order valence-corrected chi connectivity index (χ0v) is 15.8. The summed E-state index contributed by atoms with van der Waals surface area (Å²) < 4.78 is 5.80. The number of anilines is 1. The van der Waals surface area contributed by atoms with E-state index in [1.54, 1.807) is 18.2 Å². The first-order valence-corrected chi connectivity index (χ1v) is 9.66. The maximum Gasteiger partial charge on any atom is 0.270 e. The number of nitro groups is 1. The SMILES string of the molecule is O=C(Nc1ccc2c(c1)C(=O)N1CCCCC1CCO2)c1cccc([N+](=O)[O-])c1. The summed E-state index contributed by atoms with van der Waals surface area (Å²) in [6.07, 6.45) is 3.90. The highest BCUT2D eigenvalue weighted by Crippen LogP contribution is 2.31. The quantitative estimate of drug-likeness (QED) is 0.632. The highest BCUT2D eigenvalue weighted by Gasteiger charge is 2.31. The van der Waals surface area contributed by atoms with Crippen molar-refractivity contribution in [2.24, 2.45) is 0 Å². The molecule has 1 saturated heterocycles. The fraction of sp³-hybridized carbons (Fsp3) is 0.333. The molecule has 0 spiro atoms. The Morgan fingerprint density at radius 3 is 2.86 bits per heavy atom. The van der Waals surface area contributed by atoms with E-state index in [9.17, 15) is 19.7 Å². The van der Waals surface area contributed by atoms with Gasteiger partial charge in [-0.2, -0.15) is 0 Å². The highest BCUT2D eigenvalue weighted by molar-refractivity contribution is 6.06. The number of ether oxygens (including phenoxy) is 1. The lowest BCUT2D eigenvalue weighted by atomic mass is 9.97. The molecule has 0 radical (unpaired) electrons. The molecule has 8 heteroatoms. The Kier molecular flexibility index (Phi) is 5.16. The Morgan fingerprint density at radius 2 is 2.03 bits per heavy atom. The molecule has 2 aromatic rings. The van der Waals surface area contributed by atoms with Gasteiger partial charge in [-0.25, -0.2) is 0 Å². The van der Waals surface area contributed by atoms with Crippen LogP contribution in [0.4, 0.5) is 11.4 Å². The van der Waals surface area contributed by atoms with E-state index < -0.39 is 10.8 Å². The number of fused-ring (bicyclic) bond motifs is 2. The minimum atomic E-state index is -0.548. The molecule has 1 N–H and O–H groups in total. The zero-order valence-electron chi connectivity index (χ0n) is 15.8. The summed E-state index contributed by atoms with van der Waals surface area (Å²) in [5, 5.41) is 13.6. The molecule has 2 aromatic carbocycles. The van der Waals surface area contributed by atoms with Gasteiger partial charge >= 0.3 is 0 Å². The van der Waals surface area contributed by atoms with E-state index in [4.69, 9.17) is 4.74 Å². The number of amides is 2. The van der Waals surface area contributed by atoms with Crippen molar-refractivity contribution < 1.29 is 19.2 Å². The van der Waals surface area contributed by atoms with Crippen molar-refractivity contribution in [2.75, 3.05) is 18.5 Å². The number of hydrogen-bond acceptors (Lipinski definition) is 5. The summed E-state index contributed by atoms with van der Waals surface area (Å²) in [5.74, 6) is -0.0630. The molecular formula is C21H21N3O5. The number of rotatable bonds is 3. The fourth-order valence-corrected chi connectivity index (χ4v) is 3.89. The normalized spacial score (nSPS) is 18.6. The summed E-state index contributed by atoms with van der Waals surface area (Å²) in [4.78, 5) is 37.9. The summed E-state index contributed by atoms with van der Waals surface area (Å²) in [5.41, 5.74) is 0.875. The number of piperidine rings is 1. The van der Waals surface area contributed by atoms with Crippen LogP contribution in [0.15, 0.2) is 42.5 Å². The number of non-ortho nitro benzene ring substituents is 1. The third-order valence-electron chi connectivity index (χ3n) is 5.38. The van der Waals surface area contributed by atoms with Crippen molar-refractivity contribution in [3.63, 3.8) is 0 Å². The Hall–Kier alpha value is -3.42. The Bertz CT molecular complexity index is 975. The minimum absolute atomic E-state index is 0.0872. The molecule has 29 heavy (non-hydrogen) atoms. The standard InChI is InChI=1S/C21H21N3O5/c25-20(14-4-3-6-17(12-14)24(27)28)22-15-7-8-19-18(13-15)21(26)23-10-2-1-5-16(23)9-11-29-19/h3-4,6-8,12-13,16H,1-2,5,9-11H2,(H,22,25). The molecule has 2 heterocycles. The van der Waals surface area contributed by atoms with Crippen LogP contribution in [-0.4, -0.2) is 40.8 Å². The lowest BCUT2D eigenvalue weighted by Gasteiger charge is -2.37. The van der Waals surface area contributed by atoms with Gasteiger partial charge in [0.15, 0.2) is 0 Å². The Labute approximate surface area is 167 Å². The van der Waals surface area contributed by atoms with Gasteiger partial charge in [0.1, 0.15) is 5.75 Å². The minimum Gasteiger partial charge on any atom is -0.493 e. The monoisotopic (exact) mass is 395 g/mol. The van der Waals surface area contributed by atoms with Gasteiger partial charge in [0.25, 0.3) is 17.5 Å². The van der Waals surface area contributed by atoms with Gasteiger partial charge < -0.3 is 15.0 Å². The molecule has 2 aliphatic heterocycles. The maximum atomic E-state index is 13.1. The molecule has 150 valence electrons. The van der Waals surface area contributed by atoms with Crippen LogP contribution >= 0.6 is 0 Å². The van der Waals surface area contributed by atoms with Crippen LogP contribution in [-0.2, 0) is 0 Å². The van der Waals surface area contributed by atoms with Gasteiger partial charge in [-0.05, 0) is 43.5 Å². The first-order valence-electron chi connectivity index (χ1n) is 9.66. The molecule has 0 bridgehead atoms. The molecule has 0 aromatic heterocycles. The molecule has 4 rings (SSSR count). The van der Waals surface area contributed by atoms with E-state index in [0.717, 1.165) is 32.2 Å². The van der Waals surface area contributed by atoms with E-state index in [-0.39, 0.29) is 23.2 Å². The molecular weight excluding hydrogens is 374 g/mol. The summed E-state index contributed by atoms with van der Waals surface area (Å²) in [7, 11) is 0. The van der Waals surface area contributed by atoms with Gasteiger partial charge in [-0.1, -0.05) is 6.07 Å². The number of carbonyl (C=O) groups excluding carboxylic acids is 2. The second-order valence-corrected chi connectivity index (χ2v) is 7.26. The number of hydrogen-bond donors (Lipinski definition) is 1. The molecule has 8 nitrogen and oxygen atoms in total. The van der Waals surface area contributed by atoms with E-state index >= 15 is 0 Å². The topological polar surface area (TPSA) is 102 Å². The van der Waals surface area contributed by atoms with Crippen molar-refractivity contribution in [3.05, 3.63) is 63.7 Å². The van der Waals surface area contributed by atoms with E-state index in [0.29, 0.717) is 23.6 Å². The van der Waals surface area contributed by atoms with Crippen LogP contribution < -0.4 is 10.1 Å². The number of nitrogens with one attached hydrogen (secondary N) is 1.